The molecule has 1 aromatic heterocycles. The Morgan fingerprint density at radius 2 is 2.14 bits per heavy atom. The van der Waals surface area contributed by atoms with E-state index in [1.807, 2.05) is 18.2 Å². The topological polar surface area (TPSA) is 62.2 Å². The Bertz CT molecular complexity index is 632. The van der Waals surface area contributed by atoms with E-state index in [4.69, 9.17) is 0 Å². The first-order chi connectivity index (χ1) is 10.6. The molecule has 22 heavy (non-hydrogen) atoms. The highest BCUT2D eigenvalue weighted by Gasteiger charge is 2.37. The Hall–Kier alpha value is -1.11. The SMILES string of the molecule is C[C@@H](CNC(=O)C1(O)CCSCC1)c1nc2ccccc2s1. The van der Waals surface area contributed by atoms with Gasteiger partial charge in [-0.05, 0) is 36.5 Å². The number of nitrogens with one attached hydrogen (secondary N) is 1. The molecule has 0 aliphatic carbocycles. The summed E-state index contributed by atoms with van der Waals surface area (Å²) >= 11 is 3.45. The molecule has 0 saturated carbocycles. The molecule has 0 spiro atoms. The number of thiazole rings is 1. The number of aromatic nitrogens is 1. The lowest BCUT2D eigenvalue weighted by Crippen LogP contribution is -2.49. The molecule has 1 aliphatic rings. The third kappa shape index (κ3) is 3.29. The van der Waals surface area contributed by atoms with E-state index in [1.54, 1.807) is 23.1 Å². The third-order valence-electron chi connectivity index (χ3n) is 4.04. The molecule has 0 bridgehead atoms. The molecule has 6 heteroatoms. The van der Waals surface area contributed by atoms with Crippen LogP contribution >= 0.6 is 23.1 Å². The van der Waals surface area contributed by atoms with Crippen LogP contribution in [-0.2, 0) is 4.79 Å². The van der Waals surface area contributed by atoms with Crippen LogP contribution in [0.25, 0.3) is 10.2 Å². The Balaban J connectivity index is 1.61. The largest absolute Gasteiger partial charge is 0.380 e. The van der Waals surface area contributed by atoms with Crippen molar-refractivity contribution in [2.75, 3.05) is 18.1 Å². The molecule has 2 heterocycles. The summed E-state index contributed by atoms with van der Waals surface area (Å²) in [6.45, 7) is 2.56. The minimum Gasteiger partial charge on any atom is -0.380 e. The summed E-state index contributed by atoms with van der Waals surface area (Å²) in [5, 5.41) is 14.3. The number of carbonyl (C=O) groups is 1. The van der Waals surface area contributed by atoms with Crippen molar-refractivity contribution >= 4 is 39.2 Å². The van der Waals surface area contributed by atoms with Crippen molar-refractivity contribution < 1.29 is 9.90 Å². The molecular weight excluding hydrogens is 316 g/mol. The lowest BCUT2D eigenvalue weighted by Gasteiger charge is -2.30. The number of para-hydroxylation sites is 1. The molecule has 2 N–H and O–H groups in total. The highest BCUT2D eigenvalue weighted by Crippen LogP contribution is 2.29. The second-order valence-corrected chi connectivity index (χ2v) is 8.06. The van der Waals surface area contributed by atoms with Crippen LogP contribution < -0.4 is 5.32 Å². The van der Waals surface area contributed by atoms with Crippen LogP contribution in [0.15, 0.2) is 24.3 Å². The van der Waals surface area contributed by atoms with E-state index in [0.29, 0.717) is 19.4 Å². The second-order valence-electron chi connectivity index (χ2n) is 5.77. The van der Waals surface area contributed by atoms with Gasteiger partial charge in [0, 0.05) is 12.5 Å². The Morgan fingerprint density at radius 1 is 1.41 bits per heavy atom. The summed E-state index contributed by atoms with van der Waals surface area (Å²) in [4.78, 5) is 16.9. The molecule has 0 radical (unpaired) electrons. The number of thioether (sulfide) groups is 1. The van der Waals surface area contributed by atoms with Gasteiger partial charge in [0.25, 0.3) is 5.91 Å². The van der Waals surface area contributed by atoms with E-state index in [1.165, 1.54) is 4.70 Å². The average molecular weight is 336 g/mol. The van der Waals surface area contributed by atoms with Crippen LogP contribution in [0.2, 0.25) is 0 Å². The van der Waals surface area contributed by atoms with Crippen LogP contribution in [0.1, 0.15) is 30.7 Å². The Kier molecular flexibility index (Phi) is 4.70. The van der Waals surface area contributed by atoms with Gasteiger partial charge in [0.1, 0.15) is 5.60 Å². The summed E-state index contributed by atoms with van der Waals surface area (Å²) < 4.78 is 1.17. The number of benzene rings is 1. The first kappa shape index (κ1) is 15.8. The lowest BCUT2D eigenvalue weighted by molar-refractivity contribution is -0.140. The predicted octanol–water partition coefficient (Wildman–Crippen LogP) is 2.77. The molecule has 1 atom stereocenters. The quantitative estimate of drug-likeness (QED) is 0.901. The molecule has 3 rings (SSSR count). The van der Waals surface area contributed by atoms with E-state index >= 15 is 0 Å². The van der Waals surface area contributed by atoms with Crippen molar-refractivity contribution in [3.8, 4) is 0 Å². The zero-order valence-corrected chi connectivity index (χ0v) is 14.2. The van der Waals surface area contributed by atoms with E-state index in [9.17, 15) is 9.90 Å². The summed E-state index contributed by atoms with van der Waals surface area (Å²) in [5.74, 6) is 1.60. The fourth-order valence-corrected chi connectivity index (χ4v) is 4.72. The van der Waals surface area contributed by atoms with Gasteiger partial charge in [0.2, 0.25) is 0 Å². The number of hydrogen-bond acceptors (Lipinski definition) is 5. The molecule has 0 unspecified atom stereocenters. The second kappa shape index (κ2) is 6.56. The van der Waals surface area contributed by atoms with Gasteiger partial charge in [0.05, 0.1) is 15.2 Å². The molecule has 1 amide bonds. The van der Waals surface area contributed by atoms with Crippen LogP contribution in [0.3, 0.4) is 0 Å². The van der Waals surface area contributed by atoms with Gasteiger partial charge in [-0.2, -0.15) is 11.8 Å². The van der Waals surface area contributed by atoms with Gasteiger partial charge in [-0.1, -0.05) is 19.1 Å². The van der Waals surface area contributed by atoms with Crippen LogP contribution in [0.4, 0.5) is 0 Å². The maximum absolute atomic E-state index is 12.2. The van der Waals surface area contributed by atoms with Gasteiger partial charge < -0.3 is 10.4 Å². The van der Waals surface area contributed by atoms with Crippen molar-refractivity contribution in [3.05, 3.63) is 29.3 Å². The molecule has 118 valence electrons. The van der Waals surface area contributed by atoms with Crippen molar-refractivity contribution in [1.82, 2.24) is 10.3 Å². The summed E-state index contributed by atoms with van der Waals surface area (Å²) in [6.07, 6.45) is 1.08. The first-order valence-corrected chi connectivity index (χ1v) is 9.49. The summed E-state index contributed by atoms with van der Waals surface area (Å²) in [7, 11) is 0. The van der Waals surface area contributed by atoms with Crippen molar-refractivity contribution in [1.29, 1.82) is 0 Å². The Labute approximate surface area is 138 Å². The maximum Gasteiger partial charge on any atom is 0.252 e. The van der Waals surface area contributed by atoms with Gasteiger partial charge in [0.15, 0.2) is 0 Å². The highest BCUT2D eigenvalue weighted by atomic mass is 32.2. The maximum atomic E-state index is 12.2. The number of aliphatic hydroxyl groups is 1. The van der Waals surface area contributed by atoms with E-state index in [2.05, 4.69) is 23.3 Å². The van der Waals surface area contributed by atoms with Gasteiger partial charge >= 0.3 is 0 Å². The number of hydrogen-bond donors (Lipinski definition) is 2. The normalized spacial score (nSPS) is 19.0. The molecule has 1 saturated heterocycles. The lowest BCUT2D eigenvalue weighted by atomic mass is 9.95. The average Bonchev–Trinajstić information content (AvgIpc) is 2.97. The Morgan fingerprint density at radius 3 is 2.86 bits per heavy atom. The standard InChI is InChI=1S/C16H20N2O2S2/c1-11(14-18-12-4-2-3-5-13(12)22-14)10-17-15(19)16(20)6-8-21-9-7-16/h2-5,11,20H,6-10H2,1H3,(H,17,19)/t11-/m0/s1. The summed E-state index contributed by atoms with van der Waals surface area (Å²) in [6, 6.07) is 8.05. The summed E-state index contributed by atoms with van der Waals surface area (Å²) in [5.41, 5.74) is -0.179. The van der Waals surface area contributed by atoms with E-state index in [0.717, 1.165) is 22.0 Å². The van der Waals surface area contributed by atoms with Crippen molar-refractivity contribution in [2.45, 2.75) is 31.3 Å². The number of rotatable bonds is 4. The van der Waals surface area contributed by atoms with Gasteiger partial charge in [-0.3, -0.25) is 4.79 Å². The number of carbonyl (C=O) groups excluding carboxylic acids is 1. The van der Waals surface area contributed by atoms with Crippen LogP contribution in [-0.4, -0.2) is 39.6 Å². The molecule has 4 nitrogen and oxygen atoms in total. The molecule has 2 aromatic rings. The third-order valence-corrected chi connectivity index (χ3v) is 6.30. The monoisotopic (exact) mass is 336 g/mol. The number of amides is 1. The molecule has 1 fully saturated rings. The van der Waals surface area contributed by atoms with Crippen molar-refractivity contribution in [3.63, 3.8) is 0 Å². The van der Waals surface area contributed by atoms with Gasteiger partial charge in [-0.15, -0.1) is 11.3 Å². The minimum absolute atomic E-state index is 0.142. The number of nitrogens with zero attached hydrogens (tertiary/aromatic N) is 1. The van der Waals surface area contributed by atoms with E-state index < -0.39 is 5.60 Å². The number of fused-ring (bicyclic) bond motifs is 1. The van der Waals surface area contributed by atoms with Gasteiger partial charge in [-0.25, -0.2) is 4.98 Å². The highest BCUT2D eigenvalue weighted by molar-refractivity contribution is 7.99. The molecule has 1 aliphatic heterocycles. The minimum atomic E-state index is -1.18. The van der Waals surface area contributed by atoms with Crippen LogP contribution in [0.5, 0.6) is 0 Å². The zero-order chi connectivity index (χ0) is 15.6. The smallest absolute Gasteiger partial charge is 0.252 e. The fourth-order valence-electron chi connectivity index (χ4n) is 2.53. The zero-order valence-electron chi connectivity index (χ0n) is 12.5. The van der Waals surface area contributed by atoms with Crippen molar-refractivity contribution in [2.24, 2.45) is 0 Å². The van der Waals surface area contributed by atoms with Crippen LogP contribution in [0, 0.1) is 0 Å². The fraction of sp³-hybridized carbons (Fsp3) is 0.500. The molecule has 1 aromatic carbocycles. The predicted molar refractivity (Wildman–Crippen MR) is 92.6 cm³/mol. The van der Waals surface area contributed by atoms with E-state index in [-0.39, 0.29) is 11.8 Å². The molecular formula is C16H20N2O2S2. The first-order valence-electron chi connectivity index (χ1n) is 7.52.